The van der Waals surface area contributed by atoms with Crippen molar-refractivity contribution < 1.29 is 20.1 Å². The fourth-order valence-electron chi connectivity index (χ4n) is 0.600. The highest BCUT2D eigenvalue weighted by atomic mass is 16.5. The fourth-order valence-corrected chi connectivity index (χ4v) is 0.600. The van der Waals surface area contributed by atoms with Crippen molar-refractivity contribution in [3.05, 3.63) is 0 Å². The predicted octanol–water partition coefficient (Wildman–Crippen LogP) is -0.873. The highest BCUT2D eigenvalue weighted by molar-refractivity contribution is 4.55. The Bertz CT molecular complexity index is 82.5. The largest absolute Gasteiger partial charge is 0.394 e. The van der Waals surface area contributed by atoms with Gasteiger partial charge in [0.2, 0.25) is 0 Å². The van der Waals surface area contributed by atoms with Gasteiger partial charge in [0.25, 0.3) is 0 Å². The van der Waals surface area contributed by atoms with Crippen molar-refractivity contribution in [3.8, 4) is 0 Å². The third-order valence-electron chi connectivity index (χ3n) is 1.39. The molecule has 0 aromatic carbocycles. The zero-order chi connectivity index (χ0) is 8.69. The molecule has 0 rings (SSSR count). The van der Waals surface area contributed by atoms with E-state index in [-0.39, 0.29) is 25.9 Å². The van der Waals surface area contributed by atoms with Crippen LogP contribution < -0.4 is 0 Å². The first-order valence-corrected chi connectivity index (χ1v) is 3.76. The minimum atomic E-state index is -0.837. The van der Waals surface area contributed by atoms with Crippen LogP contribution in [0.25, 0.3) is 0 Å². The molecule has 0 aromatic rings. The molecule has 0 amide bonds. The van der Waals surface area contributed by atoms with Crippen molar-refractivity contribution >= 4 is 0 Å². The van der Waals surface area contributed by atoms with E-state index in [1.54, 1.807) is 0 Å². The second-order valence-electron chi connectivity index (χ2n) is 2.38. The summed E-state index contributed by atoms with van der Waals surface area (Å²) in [6.45, 7) is 1.61. The lowest BCUT2D eigenvalue weighted by Gasteiger charge is -2.14. The number of hydrogen-bond acceptors (Lipinski definition) is 4. The Hall–Kier alpha value is -0.160. The van der Waals surface area contributed by atoms with Crippen LogP contribution in [-0.2, 0) is 4.74 Å². The molecule has 4 nitrogen and oxygen atoms in total. The minimum absolute atomic E-state index is 0.0470. The molecular weight excluding hydrogens is 148 g/mol. The van der Waals surface area contributed by atoms with Gasteiger partial charge in [0.1, 0.15) is 6.10 Å². The highest BCUT2D eigenvalue weighted by Crippen LogP contribution is 1.97. The first kappa shape index (κ1) is 10.8. The SMILES string of the molecule is CC[C@@H](CO)OC[C@@H](O)CO. The van der Waals surface area contributed by atoms with E-state index in [1.807, 2.05) is 6.92 Å². The lowest BCUT2D eigenvalue weighted by Crippen LogP contribution is -2.25. The van der Waals surface area contributed by atoms with Crippen LogP contribution in [0, 0.1) is 0 Å². The zero-order valence-electron chi connectivity index (χ0n) is 6.73. The summed E-state index contributed by atoms with van der Waals surface area (Å²) in [7, 11) is 0. The van der Waals surface area contributed by atoms with Crippen LogP contribution in [0.1, 0.15) is 13.3 Å². The van der Waals surface area contributed by atoms with Gasteiger partial charge in [-0.05, 0) is 6.42 Å². The molecule has 0 radical (unpaired) electrons. The Morgan fingerprint density at radius 1 is 1.27 bits per heavy atom. The van der Waals surface area contributed by atoms with E-state index in [4.69, 9.17) is 20.1 Å². The van der Waals surface area contributed by atoms with Gasteiger partial charge >= 0.3 is 0 Å². The summed E-state index contributed by atoms with van der Waals surface area (Å²) in [4.78, 5) is 0. The summed E-state index contributed by atoms with van der Waals surface area (Å²) in [6, 6.07) is 0. The summed E-state index contributed by atoms with van der Waals surface area (Å²) in [5.74, 6) is 0. The normalized spacial score (nSPS) is 16.4. The van der Waals surface area contributed by atoms with Gasteiger partial charge in [-0.2, -0.15) is 0 Å². The molecule has 0 unspecified atom stereocenters. The van der Waals surface area contributed by atoms with Crippen LogP contribution in [0.3, 0.4) is 0 Å². The molecule has 0 aliphatic rings. The van der Waals surface area contributed by atoms with Crippen molar-refractivity contribution in [3.63, 3.8) is 0 Å². The van der Waals surface area contributed by atoms with Crippen molar-refractivity contribution in [2.45, 2.75) is 25.6 Å². The van der Waals surface area contributed by atoms with E-state index in [9.17, 15) is 0 Å². The number of rotatable bonds is 6. The Morgan fingerprint density at radius 3 is 2.27 bits per heavy atom. The van der Waals surface area contributed by atoms with Crippen molar-refractivity contribution in [2.75, 3.05) is 19.8 Å². The average Bonchev–Trinajstić information content (AvgIpc) is 2.06. The molecule has 0 saturated carbocycles. The molecule has 2 atom stereocenters. The van der Waals surface area contributed by atoms with Crippen LogP contribution in [0.5, 0.6) is 0 Å². The molecular formula is C7H16O4. The number of aliphatic hydroxyl groups excluding tert-OH is 3. The summed E-state index contributed by atoms with van der Waals surface area (Å²) < 4.78 is 5.03. The van der Waals surface area contributed by atoms with E-state index < -0.39 is 6.10 Å². The molecule has 0 spiro atoms. The van der Waals surface area contributed by atoms with Crippen molar-refractivity contribution in [1.82, 2.24) is 0 Å². The molecule has 0 aliphatic heterocycles. The Balaban J connectivity index is 3.34. The fraction of sp³-hybridized carbons (Fsp3) is 1.00. The van der Waals surface area contributed by atoms with Crippen LogP contribution in [0.4, 0.5) is 0 Å². The van der Waals surface area contributed by atoms with Crippen LogP contribution in [-0.4, -0.2) is 47.3 Å². The van der Waals surface area contributed by atoms with Crippen LogP contribution in [0.2, 0.25) is 0 Å². The van der Waals surface area contributed by atoms with E-state index in [0.717, 1.165) is 0 Å². The Labute approximate surface area is 66.4 Å². The molecule has 0 fully saturated rings. The van der Waals surface area contributed by atoms with Crippen molar-refractivity contribution in [1.29, 1.82) is 0 Å². The lowest BCUT2D eigenvalue weighted by atomic mass is 10.3. The quantitative estimate of drug-likeness (QED) is 0.477. The Kier molecular flexibility index (Phi) is 6.45. The first-order chi connectivity index (χ1) is 5.24. The molecule has 0 saturated heterocycles. The summed E-state index contributed by atoms with van der Waals surface area (Å²) in [6.07, 6.45) is -0.360. The third-order valence-corrected chi connectivity index (χ3v) is 1.39. The average molecular weight is 164 g/mol. The van der Waals surface area contributed by atoms with Gasteiger partial charge in [0, 0.05) is 0 Å². The Morgan fingerprint density at radius 2 is 1.91 bits per heavy atom. The standard InChI is InChI=1S/C7H16O4/c1-2-7(4-9)11-5-6(10)3-8/h6-10H,2-5H2,1H3/t6-,7-/m0/s1. The smallest absolute Gasteiger partial charge is 0.100 e. The topological polar surface area (TPSA) is 69.9 Å². The van der Waals surface area contributed by atoms with Crippen LogP contribution >= 0.6 is 0 Å². The monoisotopic (exact) mass is 164 g/mol. The summed E-state index contributed by atoms with van der Waals surface area (Å²) >= 11 is 0. The molecule has 0 aliphatic carbocycles. The molecule has 0 heterocycles. The van der Waals surface area contributed by atoms with Gasteiger partial charge in [0.05, 0.1) is 25.9 Å². The van der Waals surface area contributed by atoms with E-state index >= 15 is 0 Å². The van der Waals surface area contributed by atoms with Gasteiger partial charge in [-0.15, -0.1) is 0 Å². The van der Waals surface area contributed by atoms with Gasteiger partial charge in [-0.1, -0.05) is 6.92 Å². The number of ether oxygens (including phenoxy) is 1. The lowest BCUT2D eigenvalue weighted by molar-refractivity contribution is -0.0467. The maximum Gasteiger partial charge on any atom is 0.100 e. The summed E-state index contributed by atoms with van der Waals surface area (Å²) in [5.41, 5.74) is 0. The van der Waals surface area contributed by atoms with Gasteiger partial charge in [-0.25, -0.2) is 0 Å². The molecule has 11 heavy (non-hydrogen) atoms. The van der Waals surface area contributed by atoms with Gasteiger partial charge in [-0.3, -0.25) is 0 Å². The van der Waals surface area contributed by atoms with E-state index in [0.29, 0.717) is 6.42 Å². The van der Waals surface area contributed by atoms with E-state index in [1.165, 1.54) is 0 Å². The third kappa shape index (κ3) is 5.15. The maximum atomic E-state index is 8.84. The molecule has 0 bridgehead atoms. The maximum absolute atomic E-state index is 8.84. The highest BCUT2D eigenvalue weighted by Gasteiger charge is 2.07. The minimum Gasteiger partial charge on any atom is -0.394 e. The molecule has 3 N–H and O–H groups in total. The molecule has 4 heteroatoms. The predicted molar refractivity (Wildman–Crippen MR) is 40.2 cm³/mol. The number of aliphatic hydroxyl groups is 3. The molecule has 68 valence electrons. The second-order valence-corrected chi connectivity index (χ2v) is 2.38. The zero-order valence-corrected chi connectivity index (χ0v) is 6.73. The molecule has 0 aromatic heterocycles. The summed E-state index contributed by atoms with van der Waals surface area (Å²) in [5, 5.41) is 25.9. The van der Waals surface area contributed by atoms with Gasteiger partial charge in [0.15, 0.2) is 0 Å². The first-order valence-electron chi connectivity index (χ1n) is 3.76. The van der Waals surface area contributed by atoms with Crippen molar-refractivity contribution in [2.24, 2.45) is 0 Å². The second kappa shape index (κ2) is 6.54. The van der Waals surface area contributed by atoms with E-state index in [2.05, 4.69) is 0 Å². The number of hydrogen-bond donors (Lipinski definition) is 3. The van der Waals surface area contributed by atoms with Crippen LogP contribution in [0.15, 0.2) is 0 Å². The van der Waals surface area contributed by atoms with Gasteiger partial charge < -0.3 is 20.1 Å².